The molecule has 0 spiro atoms. The van der Waals surface area contributed by atoms with E-state index < -0.39 is 0 Å². The van der Waals surface area contributed by atoms with E-state index in [0.717, 1.165) is 6.42 Å². The molecule has 0 saturated heterocycles. The standard InChI is InChI=1S/C15H25N3O2S/c1-4-16-14(19)11-18(5-2)12(3)15(20)17-9-8-13-7-6-10-21-13/h6-7,10,12H,4-5,8-9,11H2,1-3H3,(H,16,19)(H,17,20)/t12-/m0/s1. The van der Waals surface area contributed by atoms with Crippen molar-refractivity contribution < 1.29 is 9.59 Å². The molecule has 1 aromatic rings. The van der Waals surface area contributed by atoms with Crippen molar-refractivity contribution in [3.05, 3.63) is 22.4 Å². The minimum absolute atomic E-state index is 0.0299. The Morgan fingerprint density at radius 3 is 2.67 bits per heavy atom. The van der Waals surface area contributed by atoms with Crippen LogP contribution in [0.25, 0.3) is 0 Å². The molecular weight excluding hydrogens is 286 g/mol. The molecule has 5 nitrogen and oxygen atoms in total. The Balaban J connectivity index is 2.37. The monoisotopic (exact) mass is 311 g/mol. The topological polar surface area (TPSA) is 61.4 Å². The minimum Gasteiger partial charge on any atom is -0.355 e. The molecule has 0 aromatic carbocycles. The van der Waals surface area contributed by atoms with E-state index in [1.165, 1.54) is 4.88 Å². The molecule has 0 saturated carbocycles. The minimum atomic E-state index is -0.305. The second-order valence-corrected chi connectivity index (χ2v) is 5.85. The van der Waals surface area contributed by atoms with Gasteiger partial charge in [-0.25, -0.2) is 0 Å². The van der Waals surface area contributed by atoms with Crippen LogP contribution in [-0.4, -0.2) is 48.9 Å². The van der Waals surface area contributed by atoms with E-state index in [0.29, 0.717) is 19.6 Å². The Bertz CT molecular complexity index is 434. The fourth-order valence-corrected chi connectivity index (χ4v) is 2.75. The number of carbonyl (C=O) groups excluding carboxylic acids is 2. The first-order valence-electron chi connectivity index (χ1n) is 7.39. The van der Waals surface area contributed by atoms with E-state index in [1.807, 2.05) is 37.1 Å². The molecule has 0 unspecified atom stereocenters. The van der Waals surface area contributed by atoms with Crippen LogP contribution in [0.15, 0.2) is 17.5 Å². The summed E-state index contributed by atoms with van der Waals surface area (Å²) in [5, 5.41) is 7.72. The van der Waals surface area contributed by atoms with Gasteiger partial charge in [0.05, 0.1) is 12.6 Å². The fourth-order valence-electron chi connectivity index (χ4n) is 2.04. The molecule has 2 N–H and O–H groups in total. The Labute approximate surface area is 130 Å². The van der Waals surface area contributed by atoms with Gasteiger partial charge in [-0.1, -0.05) is 13.0 Å². The van der Waals surface area contributed by atoms with Crippen LogP contribution in [0.1, 0.15) is 25.6 Å². The lowest BCUT2D eigenvalue weighted by Crippen LogP contribution is -2.49. The second-order valence-electron chi connectivity index (χ2n) is 4.81. The maximum Gasteiger partial charge on any atom is 0.237 e. The number of amides is 2. The average molecular weight is 311 g/mol. The lowest BCUT2D eigenvalue weighted by molar-refractivity contribution is -0.128. The number of thiophene rings is 1. The molecule has 0 fully saturated rings. The van der Waals surface area contributed by atoms with Gasteiger partial charge in [0.2, 0.25) is 11.8 Å². The Morgan fingerprint density at radius 1 is 1.33 bits per heavy atom. The van der Waals surface area contributed by atoms with E-state index in [9.17, 15) is 9.59 Å². The molecular formula is C15H25N3O2S. The third-order valence-corrected chi connectivity index (χ3v) is 4.24. The fraction of sp³-hybridized carbons (Fsp3) is 0.600. The molecule has 1 atom stereocenters. The highest BCUT2D eigenvalue weighted by atomic mass is 32.1. The van der Waals surface area contributed by atoms with Gasteiger partial charge in [0.1, 0.15) is 0 Å². The molecule has 21 heavy (non-hydrogen) atoms. The molecule has 0 radical (unpaired) electrons. The van der Waals surface area contributed by atoms with Gasteiger partial charge < -0.3 is 10.6 Å². The molecule has 2 amide bonds. The van der Waals surface area contributed by atoms with Crippen molar-refractivity contribution in [2.45, 2.75) is 33.2 Å². The molecule has 0 bridgehead atoms. The van der Waals surface area contributed by atoms with Crippen LogP contribution in [0.5, 0.6) is 0 Å². The third kappa shape index (κ3) is 6.27. The SMILES string of the molecule is CCNC(=O)CN(CC)[C@@H](C)C(=O)NCCc1cccs1. The maximum atomic E-state index is 12.1. The van der Waals surface area contributed by atoms with E-state index in [-0.39, 0.29) is 24.4 Å². The van der Waals surface area contributed by atoms with Gasteiger partial charge in [0, 0.05) is 18.0 Å². The number of carbonyl (C=O) groups is 2. The van der Waals surface area contributed by atoms with Crippen LogP contribution >= 0.6 is 11.3 Å². The summed E-state index contributed by atoms with van der Waals surface area (Å²) in [6.45, 7) is 7.83. The van der Waals surface area contributed by atoms with E-state index >= 15 is 0 Å². The van der Waals surface area contributed by atoms with Gasteiger partial charge in [0.25, 0.3) is 0 Å². The van der Waals surface area contributed by atoms with Gasteiger partial charge in [-0.05, 0) is 38.3 Å². The van der Waals surface area contributed by atoms with E-state index in [2.05, 4.69) is 16.7 Å². The molecule has 0 aliphatic rings. The summed E-state index contributed by atoms with van der Waals surface area (Å²) in [7, 11) is 0. The van der Waals surface area contributed by atoms with E-state index in [4.69, 9.17) is 0 Å². The maximum absolute atomic E-state index is 12.1. The molecule has 1 heterocycles. The highest BCUT2D eigenvalue weighted by Crippen LogP contribution is 2.08. The number of hydrogen-bond donors (Lipinski definition) is 2. The molecule has 118 valence electrons. The van der Waals surface area contributed by atoms with Crippen LogP contribution in [0.4, 0.5) is 0 Å². The summed E-state index contributed by atoms with van der Waals surface area (Å²) in [5.41, 5.74) is 0. The Hall–Kier alpha value is -1.40. The quantitative estimate of drug-likeness (QED) is 0.721. The Kier molecular flexibility index (Phi) is 8.00. The predicted molar refractivity (Wildman–Crippen MR) is 86.4 cm³/mol. The van der Waals surface area contributed by atoms with Crippen molar-refractivity contribution in [2.75, 3.05) is 26.2 Å². The van der Waals surface area contributed by atoms with Crippen molar-refractivity contribution in [1.29, 1.82) is 0 Å². The van der Waals surface area contributed by atoms with Gasteiger partial charge >= 0.3 is 0 Å². The number of rotatable bonds is 9. The van der Waals surface area contributed by atoms with Crippen molar-refractivity contribution in [3.63, 3.8) is 0 Å². The Morgan fingerprint density at radius 2 is 2.10 bits per heavy atom. The number of likely N-dealkylation sites (N-methyl/N-ethyl adjacent to an activating group) is 2. The summed E-state index contributed by atoms with van der Waals surface area (Å²) >= 11 is 1.69. The summed E-state index contributed by atoms with van der Waals surface area (Å²) < 4.78 is 0. The highest BCUT2D eigenvalue weighted by Gasteiger charge is 2.21. The highest BCUT2D eigenvalue weighted by molar-refractivity contribution is 7.09. The van der Waals surface area contributed by atoms with Crippen molar-refractivity contribution in [1.82, 2.24) is 15.5 Å². The second kappa shape index (κ2) is 9.52. The van der Waals surface area contributed by atoms with Gasteiger partial charge in [0.15, 0.2) is 0 Å². The van der Waals surface area contributed by atoms with Crippen LogP contribution in [-0.2, 0) is 16.0 Å². The molecule has 6 heteroatoms. The lowest BCUT2D eigenvalue weighted by Gasteiger charge is -2.26. The first kappa shape index (κ1) is 17.7. The zero-order valence-corrected chi connectivity index (χ0v) is 13.8. The summed E-state index contributed by atoms with van der Waals surface area (Å²) in [4.78, 5) is 26.9. The smallest absolute Gasteiger partial charge is 0.237 e. The first-order valence-corrected chi connectivity index (χ1v) is 8.27. The van der Waals surface area contributed by atoms with Crippen LogP contribution in [0.2, 0.25) is 0 Å². The number of hydrogen-bond acceptors (Lipinski definition) is 4. The molecule has 0 aliphatic carbocycles. The van der Waals surface area contributed by atoms with Crippen molar-refractivity contribution in [2.24, 2.45) is 0 Å². The first-order chi connectivity index (χ1) is 10.1. The summed E-state index contributed by atoms with van der Waals surface area (Å²) in [6.07, 6.45) is 0.846. The summed E-state index contributed by atoms with van der Waals surface area (Å²) in [5.74, 6) is -0.0738. The van der Waals surface area contributed by atoms with Crippen molar-refractivity contribution >= 4 is 23.2 Å². The third-order valence-electron chi connectivity index (χ3n) is 3.30. The predicted octanol–water partition coefficient (Wildman–Crippen LogP) is 1.25. The van der Waals surface area contributed by atoms with Crippen LogP contribution in [0, 0.1) is 0 Å². The van der Waals surface area contributed by atoms with Crippen molar-refractivity contribution in [3.8, 4) is 0 Å². The lowest BCUT2D eigenvalue weighted by atomic mass is 10.2. The average Bonchev–Trinajstić information content (AvgIpc) is 2.97. The molecule has 0 aliphatic heterocycles. The van der Waals surface area contributed by atoms with E-state index in [1.54, 1.807) is 11.3 Å². The number of nitrogens with one attached hydrogen (secondary N) is 2. The van der Waals surface area contributed by atoms with Gasteiger partial charge in [-0.2, -0.15) is 0 Å². The zero-order chi connectivity index (χ0) is 15.7. The van der Waals surface area contributed by atoms with Crippen LogP contribution < -0.4 is 10.6 Å². The normalized spacial score (nSPS) is 12.2. The largest absolute Gasteiger partial charge is 0.355 e. The zero-order valence-electron chi connectivity index (χ0n) is 13.0. The van der Waals surface area contributed by atoms with Gasteiger partial charge in [-0.15, -0.1) is 11.3 Å². The molecule has 1 rings (SSSR count). The molecule has 1 aromatic heterocycles. The van der Waals surface area contributed by atoms with Crippen LogP contribution in [0.3, 0.4) is 0 Å². The number of nitrogens with zero attached hydrogens (tertiary/aromatic N) is 1. The summed E-state index contributed by atoms with van der Waals surface area (Å²) in [6, 6.07) is 3.77. The van der Waals surface area contributed by atoms with Gasteiger partial charge in [-0.3, -0.25) is 14.5 Å².